The highest BCUT2D eigenvalue weighted by molar-refractivity contribution is 7.99. The van der Waals surface area contributed by atoms with Gasteiger partial charge in [0.2, 0.25) is 5.91 Å². The summed E-state index contributed by atoms with van der Waals surface area (Å²) in [5, 5.41) is 12.2. The van der Waals surface area contributed by atoms with E-state index in [1.807, 2.05) is 11.8 Å². The quantitative estimate of drug-likeness (QED) is 0.776. The zero-order valence-corrected chi connectivity index (χ0v) is 11.7. The fraction of sp³-hybridized carbons (Fsp3) is 0.500. The Morgan fingerprint density at radius 1 is 1.37 bits per heavy atom. The average molecular weight is 280 g/mol. The Balaban J connectivity index is 1.83. The van der Waals surface area contributed by atoms with Crippen molar-refractivity contribution in [1.82, 2.24) is 5.32 Å². The lowest BCUT2D eigenvalue weighted by atomic mass is 10.0. The van der Waals surface area contributed by atoms with E-state index < -0.39 is 6.04 Å². The predicted molar refractivity (Wildman–Crippen MR) is 78.3 cm³/mol. The molecule has 1 atom stereocenters. The molecule has 1 saturated heterocycles. The predicted octanol–water partition coefficient (Wildman–Crippen LogP) is 1.27. The molecule has 0 bridgehead atoms. The summed E-state index contributed by atoms with van der Waals surface area (Å²) in [4.78, 5) is 12.0. The lowest BCUT2D eigenvalue weighted by Gasteiger charge is -2.24. The number of aromatic hydroxyl groups is 1. The van der Waals surface area contributed by atoms with Crippen molar-refractivity contribution in [3.05, 3.63) is 29.8 Å². The van der Waals surface area contributed by atoms with Crippen LogP contribution >= 0.6 is 11.8 Å². The van der Waals surface area contributed by atoms with Gasteiger partial charge >= 0.3 is 0 Å². The third-order valence-corrected chi connectivity index (χ3v) is 4.35. The lowest BCUT2D eigenvalue weighted by molar-refractivity contribution is -0.123. The van der Waals surface area contributed by atoms with Crippen LogP contribution in [0.5, 0.6) is 5.75 Å². The van der Waals surface area contributed by atoms with Crippen LogP contribution in [0.2, 0.25) is 0 Å². The molecule has 104 valence electrons. The van der Waals surface area contributed by atoms with Gasteiger partial charge in [0.15, 0.2) is 0 Å². The number of benzene rings is 1. The SMILES string of the molecule is NC(Cc1ccc(O)cc1)C(=O)NC1CCSCC1. The first-order valence-corrected chi connectivity index (χ1v) is 7.72. The molecule has 4 N–H and O–H groups in total. The highest BCUT2D eigenvalue weighted by Gasteiger charge is 2.20. The van der Waals surface area contributed by atoms with E-state index in [0.29, 0.717) is 6.42 Å². The van der Waals surface area contributed by atoms with Crippen molar-refractivity contribution in [3.8, 4) is 5.75 Å². The summed E-state index contributed by atoms with van der Waals surface area (Å²) in [6.45, 7) is 0. The summed E-state index contributed by atoms with van der Waals surface area (Å²) in [6.07, 6.45) is 2.55. The first-order chi connectivity index (χ1) is 9.15. The van der Waals surface area contributed by atoms with Crippen LogP contribution in [-0.4, -0.2) is 34.6 Å². The largest absolute Gasteiger partial charge is 0.508 e. The molecule has 1 unspecified atom stereocenters. The Hall–Kier alpha value is -1.20. The molecule has 0 radical (unpaired) electrons. The molecule has 0 aliphatic carbocycles. The maximum absolute atomic E-state index is 12.0. The second kappa shape index (κ2) is 6.82. The summed E-state index contributed by atoms with van der Waals surface area (Å²) in [7, 11) is 0. The van der Waals surface area contributed by atoms with E-state index in [-0.39, 0.29) is 17.7 Å². The van der Waals surface area contributed by atoms with Crippen molar-refractivity contribution in [3.63, 3.8) is 0 Å². The fourth-order valence-electron chi connectivity index (χ4n) is 2.13. The van der Waals surface area contributed by atoms with Crippen LogP contribution in [-0.2, 0) is 11.2 Å². The fourth-order valence-corrected chi connectivity index (χ4v) is 3.24. The molecule has 19 heavy (non-hydrogen) atoms. The van der Waals surface area contributed by atoms with Crippen LogP contribution in [0.1, 0.15) is 18.4 Å². The van der Waals surface area contributed by atoms with Crippen molar-refractivity contribution in [1.29, 1.82) is 0 Å². The van der Waals surface area contributed by atoms with Crippen LogP contribution < -0.4 is 11.1 Å². The van der Waals surface area contributed by atoms with Gasteiger partial charge in [0, 0.05) is 6.04 Å². The molecule has 1 aromatic carbocycles. The standard InChI is InChI=1S/C14H20N2O2S/c15-13(9-10-1-3-12(17)4-2-10)14(18)16-11-5-7-19-8-6-11/h1-4,11,13,17H,5-9,15H2,(H,16,18). The van der Waals surface area contributed by atoms with Gasteiger partial charge in [-0.25, -0.2) is 0 Å². The number of amides is 1. The van der Waals surface area contributed by atoms with Gasteiger partial charge in [-0.3, -0.25) is 4.79 Å². The normalized spacial score (nSPS) is 17.9. The van der Waals surface area contributed by atoms with Gasteiger partial charge in [-0.1, -0.05) is 12.1 Å². The number of thioether (sulfide) groups is 1. The maximum atomic E-state index is 12.0. The molecule has 1 aromatic rings. The van der Waals surface area contributed by atoms with Gasteiger partial charge in [-0.05, 0) is 48.5 Å². The van der Waals surface area contributed by atoms with E-state index in [4.69, 9.17) is 5.73 Å². The molecule has 0 saturated carbocycles. The lowest BCUT2D eigenvalue weighted by Crippen LogP contribution is -2.47. The minimum atomic E-state index is -0.529. The number of hydrogen-bond donors (Lipinski definition) is 3. The number of nitrogens with two attached hydrogens (primary N) is 1. The van der Waals surface area contributed by atoms with Gasteiger partial charge in [0.1, 0.15) is 5.75 Å². The number of rotatable bonds is 4. The van der Waals surface area contributed by atoms with Crippen molar-refractivity contribution in [2.75, 3.05) is 11.5 Å². The van der Waals surface area contributed by atoms with Gasteiger partial charge < -0.3 is 16.2 Å². The van der Waals surface area contributed by atoms with Crippen molar-refractivity contribution in [2.24, 2.45) is 5.73 Å². The van der Waals surface area contributed by atoms with Gasteiger partial charge in [-0.2, -0.15) is 11.8 Å². The summed E-state index contributed by atoms with van der Waals surface area (Å²) < 4.78 is 0. The molecule has 1 heterocycles. The van der Waals surface area contributed by atoms with E-state index >= 15 is 0 Å². The second-order valence-corrected chi connectivity index (χ2v) is 6.10. The van der Waals surface area contributed by atoms with E-state index in [0.717, 1.165) is 29.9 Å². The number of hydrogen-bond acceptors (Lipinski definition) is 4. The van der Waals surface area contributed by atoms with Gasteiger partial charge in [0.25, 0.3) is 0 Å². The first-order valence-electron chi connectivity index (χ1n) is 6.57. The Morgan fingerprint density at radius 3 is 2.63 bits per heavy atom. The minimum absolute atomic E-state index is 0.0787. The second-order valence-electron chi connectivity index (χ2n) is 4.87. The smallest absolute Gasteiger partial charge is 0.237 e. The van der Waals surface area contributed by atoms with Crippen LogP contribution in [0, 0.1) is 0 Å². The van der Waals surface area contributed by atoms with E-state index in [1.54, 1.807) is 24.3 Å². The third-order valence-electron chi connectivity index (χ3n) is 3.30. The zero-order valence-electron chi connectivity index (χ0n) is 10.8. The average Bonchev–Trinajstić information content (AvgIpc) is 2.42. The van der Waals surface area contributed by atoms with E-state index in [1.165, 1.54) is 0 Å². The Kier molecular flexibility index (Phi) is 5.10. The summed E-state index contributed by atoms with van der Waals surface area (Å²) in [5.41, 5.74) is 6.88. The molecule has 1 fully saturated rings. The molecule has 1 amide bonds. The van der Waals surface area contributed by atoms with Crippen LogP contribution in [0.15, 0.2) is 24.3 Å². The van der Waals surface area contributed by atoms with Crippen LogP contribution in [0.25, 0.3) is 0 Å². The minimum Gasteiger partial charge on any atom is -0.508 e. The zero-order chi connectivity index (χ0) is 13.7. The topological polar surface area (TPSA) is 75.3 Å². The molecule has 1 aliphatic rings. The number of phenolic OH excluding ortho intramolecular Hbond substituents is 1. The molecule has 4 nitrogen and oxygen atoms in total. The summed E-state index contributed by atoms with van der Waals surface area (Å²) in [5.74, 6) is 2.36. The summed E-state index contributed by atoms with van der Waals surface area (Å²) in [6, 6.07) is 6.55. The number of carbonyl (C=O) groups is 1. The molecular weight excluding hydrogens is 260 g/mol. The van der Waals surface area contributed by atoms with E-state index in [2.05, 4.69) is 5.32 Å². The first kappa shape index (κ1) is 14.2. The highest BCUT2D eigenvalue weighted by Crippen LogP contribution is 2.17. The summed E-state index contributed by atoms with van der Waals surface area (Å²) >= 11 is 1.93. The van der Waals surface area contributed by atoms with Crippen molar-refractivity contribution >= 4 is 17.7 Å². The molecular formula is C14H20N2O2S. The number of phenols is 1. The highest BCUT2D eigenvalue weighted by atomic mass is 32.2. The molecule has 1 aliphatic heterocycles. The Morgan fingerprint density at radius 2 is 2.00 bits per heavy atom. The molecule has 2 rings (SSSR count). The van der Waals surface area contributed by atoms with Crippen molar-refractivity contribution in [2.45, 2.75) is 31.3 Å². The van der Waals surface area contributed by atoms with Crippen molar-refractivity contribution < 1.29 is 9.90 Å². The van der Waals surface area contributed by atoms with Crippen LogP contribution in [0.3, 0.4) is 0 Å². The molecule has 0 aromatic heterocycles. The van der Waals surface area contributed by atoms with Crippen LogP contribution in [0.4, 0.5) is 0 Å². The van der Waals surface area contributed by atoms with Gasteiger partial charge in [0.05, 0.1) is 6.04 Å². The maximum Gasteiger partial charge on any atom is 0.237 e. The Bertz CT molecular complexity index is 416. The van der Waals surface area contributed by atoms with Gasteiger partial charge in [-0.15, -0.1) is 0 Å². The molecule has 0 spiro atoms. The van der Waals surface area contributed by atoms with E-state index in [9.17, 15) is 9.90 Å². The molecule has 5 heteroatoms. The monoisotopic (exact) mass is 280 g/mol. The number of carbonyl (C=O) groups excluding carboxylic acids is 1. The number of nitrogens with one attached hydrogen (secondary N) is 1. The Labute approximate surface area is 117 Å². The third kappa shape index (κ3) is 4.44.